The van der Waals surface area contributed by atoms with Crippen LogP contribution in [0.3, 0.4) is 0 Å². The van der Waals surface area contributed by atoms with Crippen LogP contribution in [0.15, 0.2) is 12.3 Å². The largest absolute Gasteiger partial charge is 0.336 e. The minimum atomic E-state index is 0.117. The highest BCUT2D eigenvalue weighted by molar-refractivity contribution is 8.03. The molecule has 3 rings (SSSR count). The molecule has 2 saturated heterocycles. The number of hydrogen-bond donors (Lipinski definition) is 0. The van der Waals surface area contributed by atoms with Gasteiger partial charge in [0, 0.05) is 68.5 Å². The average molecular weight is 341 g/mol. The molecule has 0 aliphatic carbocycles. The van der Waals surface area contributed by atoms with Crippen molar-refractivity contribution >= 4 is 29.4 Å². The van der Waals surface area contributed by atoms with E-state index in [9.17, 15) is 4.79 Å². The summed E-state index contributed by atoms with van der Waals surface area (Å²) in [6, 6.07) is 2.48. The van der Waals surface area contributed by atoms with Gasteiger partial charge in [-0.3, -0.25) is 14.4 Å². The highest BCUT2D eigenvalue weighted by Crippen LogP contribution is 2.21. The lowest BCUT2D eigenvalue weighted by atomic mass is 10.3. The average Bonchev–Trinajstić information content (AvgIpc) is 2.76. The molecule has 122 valence electrons. The van der Waals surface area contributed by atoms with Crippen LogP contribution in [-0.4, -0.2) is 80.7 Å². The number of amides is 1. The van der Waals surface area contributed by atoms with Crippen molar-refractivity contribution < 1.29 is 4.79 Å². The second kappa shape index (κ2) is 7.75. The fourth-order valence-electron chi connectivity index (χ4n) is 3.07. The normalized spacial score (nSPS) is 22.3. The van der Waals surface area contributed by atoms with Gasteiger partial charge < -0.3 is 4.90 Å². The Hall–Kier alpha value is -0.660. The highest BCUT2D eigenvalue weighted by atomic mass is 32.2. The van der Waals surface area contributed by atoms with Crippen molar-refractivity contribution in [1.29, 1.82) is 0 Å². The first-order valence-electron chi connectivity index (χ1n) is 7.92. The molecule has 0 spiro atoms. The molecule has 7 heteroatoms. The molecule has 1 aromatic rings. The van der Waals surface area contributed by atoms with Gasteiger partial charge in [0.2, 0.25) is 0 Å². The van der Waals surface area contributed by atoms with E-state index in [1.54, 1.807) is 10.9 Å². The summed E-state index contributed by atoms with van der Waals surface area (Å²) >= 11 is 4.15. The third kappa shape index (κ3) is 3.81. The van der Waals surface area contributed by atoms with Crippen molar-refractivity contribution in [2.45, 2.75) is 12.5 Å². The van der Waals surface area contributed by atoms with Gasteiger partial charge in [0.25, 0.3) is 5.91 Å². The van der Waals surface area contributed by atoms with E-state index in [4.69, 9.17) is 0 Å². The van der Waals surface area contributed by atoms with Crippen LogP contribution in [0.5, 0.6) is 0 Å². The molecule has 2 aliphatic heterocycles. The molecular formula is C15H24N4OS2. The highest BCUT2D eigenvalue weighted by Gasteiger charge is 2.26. The van der Waals surface area contributed by atoms with Crippen molar-refractivity contribution in [3.05, 3.63) is 18.0 Å². The molecule has 0 aromatic carbocycles. The number of aromatic nitrogens is 2. The molecular weight excluding hydrogens is 316 g/mol. The van der Waals surface area contributed by atoms with Gasteiger partial charge in [0.05, 0.1) is 0 Å². The van der Waals surface area contributed by atoms with E-state index in [1.807, 2.05) is 18.0 Å². The van der Waals surface area contributed by atoms with E-state index in [0.717, 1.165) is 32.6 Å². The van der Waals surface area contributed by atoms with Gasteiger partial charge in [0.1, 0.15) is 5.69 Å². The first kappa shape index (κ1) is 16.2. The number of rotatable bonds is 2. The molecule has 0 unspecified atom stereocenters. The summed E-state index contributed by atoms with van der Waals surface area (Å²) in [7, 11) is 1.83. The summed E-state index contributed by atoms with van der Waals surface area (Å²) < 4.78 is 1.67. The topological polar surface area (TPSA) is 41.4 Å². The molecule has 3 heterocycles. The minimum absolute atomic E-state index is 0.117. The number of hydrogen-bond acceptors (Lipinski definition) is 5. The number of nitrogens with zero attached hydrogens (tertiary/aromatic N) is 4. The predicted octanol–water partition coefficient (Wildman–Crippen LogP) is 1.42. The van der Waals surface area contributed by atoms with Crippen molar-refractivity contribution in [3.63, 3.8) is 0 Å². The van der Waals surface area contributed by atoms with Gasteiger partial charge in [-0.15, -0.1) is 0 Å². The molecule has 2 aliphatic rings. The fraction of sp³-hybridized carbons (Fsp3) is 0.733. The summed E-state index contributed by atoms with van der Waals surface area (Å²) in [6.45, 7) is 3.79. The van der Waals surface area contributed by atoms with Crippen molar-refractivity contribution in [1.82, 2.24) is 19.6 Å². The second-order valence-corrected chi connectivity index (χ2v) is 8.13. The Kier molecular flexibility index (Phi) is 5.71. The summed E-state index contributed by atoms with van der Waals surface area (Å²) in [4.78, 5) is 17.2. The molecule has 22 heavy (non-hydrogen) atoms. The van der Waals surface area contributed by atoms with Crippen LogP contribution in [0.25, 0.3) is 0 Å². The standard InChI is InChI=1S/C15H24N4OS2/c1-17-14(3-4-16-17)15(20)19-6-2-5-18(7-8-19)13-11-21-9-10-22-12-13/h3-4,13H,2,5-12H2,1H3. The Morgan fingerprint density at radius 1 is 1.18 bits per heavy atom. The molecule has 0 bridgehead atoms. The number of carbonyl (C=O) groups excluding carboxylic acids is 1. The lowest BCUT2D eigenvalue weighted by molar-refractivity contribution is 0.0748. The summed E-state index contributed by atoms with van der Waals surface area (Å²) in [5.41, 5.74) is 0.689. The Balaban J connectivity index is 1.59. The summed E-state index contributed by atoms with van der Waals surface area (Å²) in [5, 5.41) is 4.11. The first-order chi connectivity index (χ1) is 10.8. The Labute approximate surface area is 140 Å². The number of carbonyl (C=O) groups is 1. The van der Waals surface area contributed by atoms with Crippen LogP contribution in [-0.2, 0) is 7.05 Å². The van der Waals surface area contributed by atoms with Gasteiger partial charge in [-0.1, -0.05) is 0 Å². The number of aryl methyl sites for hydroxylation is 1. The summed E-state index contributed by atoms with van der Waals surface area (Å²) in [5.74, 6) is 5.15. The molecule has 1 amide bonds. The fourth-order valence-corrected chi connectivity index (χ4v) is 5.69. The molecule has 1 aromatic heterocycles. The van der Waals surface area contributed by atoms with Gasteiger partial charge in [-0.2, -0.15) is 28.6 Å². The SMILES string of the molecule is Cn1nccc1C(=O)N1CCCN(C2CSCCSC2)CC1. The molecule has 2 fully saturated rings. The van der Waals surface area contributed by atoms with E-state index in [0.29, 0.717) is 11.7 Å². The zero-order valence-corrected chi connectivity index (χ0v) is 14.7. The first-order valence-corrected chi connectivity index (χ1v) is 10.2. The molecule has 0 atom stereocenters. The van der Waals surface area contributed by atoms with Crippen LogP contribution < -0.4 is 0 Å². The lowest BCUT2D eigenvalue weighted by Crippen LogP contribution is -2.42. The molecule has 0 saturated carbocycles. The van der Waals surface area contributed by atoms with Crippen LogP contribution in [0.1, 0.15) is 16.9 Å². The van der Waals surface area contributed by atoms with Gasteiger partial charge >= 0.3 is 0 Å². The van der Waals surface area contributed by atoms with Crippen LogP contribution in [0, 0.1) is 0 Å². The third-order valence-electron chi connectivity index (χ3n) is 4.37. The van der Waals surface area contributed by atoms with Gasteiger partial charge in [-0.05, 0) is 12.5 Å². The van der Waals surface area contributed by atoms with E-state index >= 15 is 0 Å². The minimum Gasteiger partial charge on any atom is -0.336 e. The van der Waals surface area contributed by atoms with Gasteiger partial charge in [0.15, 0.2) is 0 Å². The maximum Gasteiger partial charge on any atom is 0.272 e. The van der Waals surface area contributed by atoms with E-state index in [-0.39, 0.29) is 5.91 Å². The van der Waals surface area contributed by atoms with Crippen molar-refractivity contribution in [2.24, 2.45) is 7.05 Å². The van der Waals surface area contributed by atoms with Crippen molar-refractivity contribution in [3.8, 4) is 0 Å². The zero-order chi connectivity index (χ0) is 15.4. The molecule has 5 nitrogen and oxygen atoms in total. The maximum absolute atomic E-state index is 12.6. The Morgan fingerprint density at radius 3 is 2.64 bits per heavy atom. The number of thioether (sulfide) groups is 2. The van der Waals surface area contributed by atoms with Crippen LogP contribution in [0.2, 0.25) is 0 Å². The molecule has 0 N–H and O–H groups in total. The Morgan fingerprint density at radius 2 is 1.95 bits per heavy atom. The van der Waals surface area contributed by atoms with E-state index in [2.05, 4.69) is 33.5 Å². The molecule has 0 radical (unpaired) electrons. The smallest absolute Gasteiger partial charge is 0.272 e. The quantitative estimate of drug-likeness (QED) is 0.814. The zero-order valence-electron chi connectivity index (χ0n) is 13.1. The monoisotopic (exact) mass is 340 g/mol. The Bertz CT molecular complexity index is 499. The van der Waals surface area contributed by atoms with E-state index < -0.39 is 0 Å². The van der Waals surface area contributed by atoms with Crippen LogP contribution >= 0.6 is 23.5 Å². The lowest BCUT2D eigenvalue weighted by Gasteiger charge is -2.29. The van der Waals surface area contributed by atoms with Gasteiger partial charge in [-0.25, -0.2) is 0 Å². The van der Waals surface area contributed by atoms with Crippen LogP contribution in [0.4, 0.5) is 0 Å². The second-order valence-electron chi connectivity index (χ2n) is 5.83. The van der Waals surface area contributed by atoms with E-state index in [1.165, 1.54) is 23.0 Å². The summed E-state index contributed by atoms with van der Waals surface area (Å²) in [6.07, 6.45) is 2.76. The third-order valence-corrected chi connectivity index (χ3v) is 6.85. The van der Waals surface area contributed by atoms with Crippen molar-refractivity contribution in [2.75, 3.05) is 49.2 Å². The predicted molar refractivity (Wildman–Crippen MR) is 93.7 cm³/mol. The maximum atomic E-state index is 12.6.